The maximum atomic E-state index is 9.12. The maximum Gasteiger partial charge on any atom is 0.0524 e. The Kier molecular flexibility index (Phi) is 2.14. The predicted octanol–water partition coefficient (Wildman–Crippen LogP) is 1.97. The normalized spacial score (nSPS) is 23.8. The molecule has 1 aliphatic rings. The van der Waals surface area contributed by atoms with Gasteiger partial charge in [-0.1, -0.05) is 13.0 Å². The summed E-state index contributed by atoms with van der Waals surface area (Å²) in [4.78, 5) is 0. The van der Waals surface area contributed by atoms with Gasteiger partial charge in [0.05, 0.1) is 6.61 Å². The summed E-state index contributed by atoms with van der Waals surface area (Å²) in [5, 5.41) is 9.12. The SMILES string of the molecule is C=CC(CC)(CO)C1CC1. The summed E-state index contributed by atoms with van der Waals surface area (Å²) in [7, 11) is 0. The van der Waals surface area contributed by atoms with E-state index in [0.717, 1.165) is 12.3 Å². The summed E-state index contributed by atoms with van der Waals surface area (Å²) in [6.07, 6.45) is 5.52. The molecule has 1 unspecified atom stereocenters. The van der Waals surface area contributed by atoms with Crippen LogP contribution < -0.4 is 0 Å². The predicted molar refractivity (Wildman–Crippen MR) is 42.7 cm³/mol. The summed E-state index contributed by atoms with van der Waals surface area (Å²) in [6, 6.07) is 0. The van der Waals surface area contributed by atoms with E-state index < -0.39 is 0 Å². The van der Waals surface area contributed by atoms with Crippen LogP contribution in [0, 0.1) is 11.3 Å². The summed E-state index contributed by atoms with van der Waals surface area (Å²) in [5.74, 6) is 0.722. The Hall–Kier alpha value is -0.300. The van der Waals surface area contributed by atoms with Crippen LogP contribution >= 0.6 is 0 Å². The summed E-state index contributed by atoms with van der Waals surface area (Å²) < 4.78 is 0. The van der Waals surface area contributed by atoms with Crippen LogP contribution in [0.4, 0.5) is 0 Å². The minimum Gasteiger partial charge on any atom is -0.395 e. The third kappa shape index (κ3) is 1.10. The van der Waals surface area contributed by atoms with Gasteiger partial charge in [0, 0.05) is 5.41 Å². The third-order valence-corrected chi connectivity index (χ3v) is 2.75. The molecule has 1 saturated carbocycles. The van der Waals surface area contributed by atoms with Gasteiger partial charge in [-0.3, -0.25) is 0 Å². The van der Waals surface area contributed by atoms with Crippen molar-refractivity contribution in [1.29, 1.82) is 0 Å². The van der Waals surface area contributed by atoms with Crippen molar-refractivity contribution in [2.75, 3.05) is 6.61 Å². The second-order valence-electron chi connectivity index (χ2n) is 3.22. The second kappa shape index (κ2) is 2.75. The van der Waals surface area contributed by atoms with E-state index in [1.807, 2.05) is 6.08 Å². The van der Waals surface area contributed by atoms with Gasteiger partial charge in [-0.25, -0.2) is 0 Å². The molecule has 0 radical (unpaired) electrons. The molecule has 0 aromatic heterocycles. The summed E-state index contributed by atoms with van der Waals surface area (Å²) in [5.41, 5.74) is 0.0556. The Balaban J connectivity index is 2.60. The molecule has 1 fully saturated rings. The molecular weight excluding hydrogens is 124 g/mol. The van der Waals surface area contributed by atoms with Crippen LogP contribution in [0.5, 0.6) is 0 Å². The van der Waals surface area contributed by atoms with Crippen LogP contribution in [0.1, 0.15) is 26.2 Å². The van der Waals surface area contributed by atoms with Gasteiger partial charge in [0.15, 0.2) is 0 Å². The number of rotatable bonds is 4. The van der Waals surface area contributed by atoms with Crippen molar-refractivity contribution < 1.29 is 5.11 Å². The van der Waals surface area contributed by atoms with Crippen molar-refractivity contribution in [2.45, 2.75) is 26.2 Å². The highest BCUT2D eigenvalue weighted by Gasteiger charge is 2.40. The monoisotopic (exact) mass is 140 g/mol. The van der Waals surface area contributed by atoms with Crippen molar-refractivity contribution >= 4 is 0 Å². The highest BCUT2D eigenvalue weighted by atomic mass is 16.3. The van der Waals surface area contributed by atoms with Crippen molar-refractivity contribution in [3.63, 3.8) is 0 Å². The first-order valence-corrected chi connectivity index (χ1v) is 4.03. The standard InChI is InChI=1S/C9H16O/c1-3-9(4-2,7-10)8-5-6-8/h3,8,10H,1,4-7H2,2H3. The fraction of sp³-hybridized carbons (Fsp3) is 0.778. The smallest absolute Gasteiger partial charge is 0.0524 e. The van der Waals surface area contributed by atoms with Gasteiger partial charge in [0.25, 0.3) is 0 Å². The Morgan fingerprint density at radius 2 is 2.30 bits per heavy atom. The van der Waals surface area contributed by atoms with Crippen LogP contribution in [0.15, 0.2) is 12.7 Å². The third-order valence-electron chi connectivity index (χ3n) is 2.75. The number of hydrogen-bond donors (Lipinski definition) is 1. The molecule has 0 amide bonds. The van der Waals surface area contributed by atoms with Gasteiger partial charge in [0.2, 0.25) is 0 Å². The Labute approximate surface area is 62.8 Å². The molecule has 10 heavy (non-hydrogen) atoms. The van der Waals surface area contributed by atoms with E-state index in [1.165, 1.54) is 12.8 Å². The average molecular weight is 140 g/mol. The minimum absolute atomic E-state index is 0.0556. The largest absolute Gasteiger partial charge is 0.395 e. The lowest BCUT2D eigenvalue weighted by atomic mass is 9.81. The zero-order valence-corrected chi connectivity index (χ0v) is 6.64. The summed E-state index contributed by atoms with van der Waals surface area (Å²) in [6.45, 7) is 6.17. The van der Waals surface area contributed by atoms with Crippen molar-refractivity contribution in [3.8, 4) is 0 Å². The summed E-state index contributed by atoms with van der Waals surface area (Å²) >= 11 is 0. The minimum atomic E-state index is 0.0556. The maximum absolute atomic E-state index is 9.12. The second-order valence-corrected chi connectivity index (χ2v) is 3.22. The lowest BCUT2D eigenvalue weighted by Gasteiger charge is -2.26. The van der Waals surface area contributed by atoms with Crippen molar-refractivity contribution in [3.05, 3.63) is 12.7 Å². The first-order chi connectivity index (χ1) is 4.79. The lowest BCUT2D eigenvalue weighted by Crippen LogP contribution is -2.23. The van der Waals surface area contributed by atoms with Crippen LogP contribution in [0.25, 0.3) is 0 Å². The van der Waals surface area contributed by atoms with Gasteiger partial charge >= 0.3 is 0 Å². The zero-order valence-electron chi connectivity index (χ0n) is 6.64. The van der Waals surface area contributed by atoms with E-state index in [1.54, 1.807) is 0 Å². The molecule has 0 aromatic carbocycles. The van der Waals surface area contributed by atoms with Crippen LogP contribution in [-0.4, -0.2) is 11.7 Å². The molecule has 0 aromatic rings. The van der Waals surface area contributed by atoms with Gasteiger partial charge < -0.3 is 5.11 Å². The highest BCUT2D eigenvalue weighted by Crippen LogP contribution is 2.48. The molecule has 0 heterocycles. The molecule has 1 heteroatoms. The van der Waals surface area contributed by atoms with E-state index in [0.29, 0.717) is 0 Å². The molecular formula is C9H16O. The molecule has 0 bridgehead atoms. The van der Waals surface area contributed by atoms with E-state index in [9.17, 15) is 0 Å². The Morgan fingerprint density at radius 1 is 1.70 bits per heavy atom. The van der Waals surface area contributed by atoms with Crippen LogP contribution in [-0.2, 0) is 0 Å². The van der Waals surface area contributed by atoms with E-state index in [2.05, 4.69) is 13.5 Å². The topological polar surface area (TPSA) is 20.2 Å². The van der Waals surface area contributed by atoms with Gasteiger partial charge in [0.1, 0.15) is 0 Å². The molecule has 0 spiro atoms. The average Bonchev–Trinajstić information content (AvgIpc) is 2.77. The molecule has 1 rings (SSSR count). The van der Waals surface area contributed by atoms with E-state index in [4.69, 9.17) is 5.11 Å². The fourth-order valence-electron chi connectivity index (χ4n) is 1.56. The zero-order chi connectivity index (χ0) is 7.61. The Bertz CT molecular complexity index is 121. The Morgan fingerprint density at radius 3 is 2.40 bits per heavy atom. The van der Waals surface area contributed by atoms with Crippen LogP contribution in [0.2, 0.25) is 0 Å². The lowest BCUT2D eigenvalue weighted by molar-refractivity contribution is 0.143. The van der Waals surface area contributed by atoms with Gasteiger partial charge in [-0.2, -0.15) is 0 Å². The van der Waals surface area contributed by atoms with Crippen molar-refractivity contribution in [2.24, 2.45) is 11.3 Å². The molecule has 1 N–H and O–H groups in total. The fourth-order valence-corrected chi connectivity index (χ4v) is 1.56. The van der Waals surface area contributed by atoms with E-state index in [-0.39, 0.29) is 12.0 Å². The number of aliphatic hydroxyl groups is 1. The molecule has 1 aliphatic carbocycles. The van der Waals surface area contributed by atoms with Gasteiger partial charge in [-0.15, -0.1) is 6.58 Å². The highest BCUT2D eigenvalue weighted by molar-refractivity contribution is 5.03. The quantitative estimate of drug-likeness (QED) is 0.592. The molecule has 58 valence electrons. The first-order valence-electron chi connectivity index (χ1n) is 4.03. The number of hydrogen-bond acceptors (Lipinski definition) is 1. The van der Waals surface area contributed by atoms with Gasteiger partial charge in [-0.05, 0) is 25.2 Å². The van der Waals surface area contributed by atoms with E-state index >= 15 is 0 Å². The molecule has 0 saturated heterocycles. The molecule has 1 atom stereocenters. The van der Waals surface area contributed by atoms with Crippen molar-refractivity contribution in [1.82, 2.24) is 0 Å². The number of aliphatic hydroxyl groups excluding tert-OH is 1. The first kappa shape index (κ1) is 7.80. The van der Waals surface area contributed by atoms with Crippen LogP contribution in [0.3, 0.4) is 0 Å². The molecule has 0 aliphatic heterocycles. The molecule has 1 nitrogen and oxygen atoms in total.